The van der Waals surface area contributed by atoms with Crippen LogP contribution in [0.4, 0.5) is 5.69 Å². The number of benzene rings is 1. The molecule has 100 valence electrons. The van der Waals surface area contributed by atoms with Gasteiger partial charge in [-0.15, -0.1) is 0 Å². The van der Waals surface area contributed by atoms with Crippen LogP contribution in [0.2, 0.25) is 0 Å². The van der Waals surface area contributed by atoms with E-state index in [0.717, 1.165) is 11.3 Å². The van der Waals surface area contributed by atoms with Crippen LogP contribution in [0.5, 0.6) is 0 Å². The van der Waals surface area contributed by atoms with Gasteiger partial charge in [0.25, 0.3) is 0 Å². The van der Waals surface area contributed by atoms with Gasteiger partial charge in [-0.3, -0.25) is 4.79 Å². The molecule has 1 aliphatic rings. The van der Waals surface area contributed by atoms with Gasteiger partial charge >= 0.3 is 0 Å². The van der Waals surface area contributed by atoms with Crippen molar-refractivity contribution >= 4 is 11.6 Å². The Kier molecular flexibility index (Phi) is 4.03. The predicted octanol–water partition coefficient (Wildman–Crippen LogP) is 0.818. The summed E-state index contributed by atoms with van der Waals surface area (Å²) in [5, 5.41) is 11.6. The number of ether oxygens (including phenoxy) is 1. The number of hydrogen-bond donors (Lipinski definition) is 1. The van der Waals surface area contributed by atoms with Crippen molar-refractivity contribution in [3.63, 3.8) is 0 Å². The third-order valence-corrected chi connectivity index (χ3v) is 3.34. The van der Waals surface area contributed by atoms with Crippen molar-refractivity contribution < 1.29 is 9.53 Å². The molecule has 5 heteroatoms. The molecule has 1 aromatic rings. The van der Waals surface area contributed by atoms with Crippen molar-refractivity contribution in [3.8, 4) is 6.07 Å². The number of aryl methyl sites for hydroxylation is 1. The average Bonchev–Trinajstić information content (AvgIpc) is 2.46. The maximum atomic E-state index is 11.9. The Morgan fingerprint density at radius 1 is 1.58 bits per heavy atom. The highest BCUT2D eigenvalue weighted by atomic mass is 16.5. The molecule has 1 unspecified atom stereocenters. The summed E-state index contributed by atoms with van der Waals surface area (Å²) >= 11 is 0. The van der Waals surface area contributed by atoms with E-state index in [-0.39, 0.29) is 11.9 Å². The Labute approximate surface area is 112 Å². The number of amides is 1. The average molecular weight is 259 g/mol. The number of carbonyl (C=O) groups is 1. The van der Waals surface area contributed by atoms with Crippen LogP contribution in [0.3, 0.4) is 0 Å². The fourth-order valence-electron chi connectivity index (χ4n) is 2.25. The van der Waals surface area contributed by atoms with Crippen LogP contribution in [0, 0.1) is 18.3 Å². The van der Waals surface area contributed by atoms with E-state index in [1.54, 1.807) is 13.1 Å². The van der Waals surface area contributed by atoms with Gasteiger partial charge in [0.05, 0.1) is 24.8 Å². The second-order valence-electron chi connectivity index (χ2n) is 4.51. The number of anilines is 1. The summed E-state index contributed by atoms with van der Waals surface area (Å²) in [6.45, 7) is 3.56. The summed E-state index contributed by atoms with van der Waals surface area (Å²) in [7, 11) is 1.62. The minimum atomic E-state index is -0.314. The lowest BCUT2D eigenvalue weighted by Gasteiger charge is -2.36. The molecule has 1 saturated heterocycles. The van der Waals surface area contributed by atoms with Crippen molar-refractivity contribution in [2.24, 2.45) is 0 Å². The van der Waals surface area contributed by atoms with Gasteiger partial charge in [0.15, 0.2) is 0 Å². The normalized spacial score (nSPS) is 18.8. The number of morpholine rings is 1. The van der Waals surface area contributed by atoms with E-state index in [1.165, 1.54) is 0 Å². The highest BCUT2D eigenvalue weighted by Gasteiger charge is 2.29. The molecule has 0 aliphatic carbocycles. The first-order valence-electron chi connectivity index (χ1n) is 6.24. The molecule has 1 aromatic carbocycles. The molecule has 2 rings (SSSR count). The number of nitriles is 1. The first-order chi connectivity index (χ1) is 9.17. The minimum Gasteiger partial charge on any atom is -0.377 e. The number of carbonyl (C=O) groups excluding carboxylic acids is 1. The fourth-order valence-corrected chi connectivity index (χ4v) is 2.25. The molecule has 0 radical (unpaired) electrons. The Morgan fingerprint density at radius 3 is 3.00 bits per heavy atom. The predicted molar refractivity (Wildman–Crippen MR) is 71.9 cm³/mol. The van der Waals surface area contributed by atoms with Gasteiger partial charge in [0, 0.05) is 19.3 Å². The second-order valence-corrected chi connectivity index (χ2v) is 4.51. The van der Waals surface area contributed by atoms with Crippen LogP contribution < -0.4 is 10.2 Å². The van der Waals surface area contributed by atoms with E-state index in [1.807, 2.05) is 24.0 Å². The monoisotopic (exact) mass is 259 g/mol. The second kappa shape index (κ2) is 5.72. The molecule has 1 atom stereocenters. The highest BCUT2D eigenvalue weighted by molar-refractivity contribution is 5.85. The molecule has 0 aromatic heterocycles. The summed E-state index contributed by atoms with van der Waals surface area (Å²) < 4.78 is 5.38. The van der Waals surface area contributed by atoms with Crippen LogP contribution >= 0.6 is 0 Å². The number of hydrogen-bond acceptors (Lipinski definition) is 4. The van der Waals surface area contributed by atoms with E-state index in [0.29, 0.717) is 25.3 Å². The van der Waals surface area contributed by atoms with Crippen LogP contribution in [0.1, 0.15) is 11.1 Å². The Morgan fingerprint density at radius 2 is 2.37 bits per heavy atom. The smallest absolute Gasteiger partial charge is 0.244 e. The van der Waals surface area contributed by atoms with Crippen molar-refractivity contribution in [1.82, 2.24) is 5.32 Å². The first-order valence-corrected chi connectivity index (χ1v) is 6.24. The standard InChI is InChI=1S/C14H17N3O2/c1-10-7-12(4-3-11(10)8-15)17-5-6-19-9-13(17)14(18)16-2/h3-4,7,13H,5-6,9H2,1-2H3,(H,16,18). The zero-order valence-electron chi connectivity index (χ0n) is 11.1. The van der Waals surface area contributed by atoms with Gasteiger partial charge < -0.3 is 15.0 Å². The lowest BCUT2D eigenvalue weighted by atomic mass is 10.1. The van der Waals surface area contributed by atoms with Gasteiger partial charge in [-0.2, -0.15) is 5.26 Å². The molecule has 0 bridgehead atoms. The van der Waals surface area contributed by atoms with Crippen molar-refractivity contribution in [2.45, 2.75) is 13.0 Å². The largest absolute Gasteiger partial charge is 0.377 e. The molecule has 1 aliphatic heterocycles. The summed E-state index contributed by atoms with van der Waals surface area (Å²) in [6.07, 6.45) is 0. The summed E-state index contributed by atoms with van der Waals surface area (Å²) in [4.78, 5) is 13.9. The summed E-state index contributed by atoms with van der Waals surface area (Å²) in [5.41, 5.74) is 2.53. The third kappa shape index (κ3) is 2.69. The Hall–Kier alpha value is -2.06. The van der Waals surface area contributed by atoms with Crippen molar-refractivity contribution in [2.75, 3.05) is 31.7 Å². The van der Waals surface area contributed by atoms with Crippen LogP contribution in [0.25, 0.3) is 0 Å². The number of nitrogens with one attached hydrogen (secondary N) is 1. The zero-order chi connectivity index (χ0) is 13.8. The topological polar surface area (TPSA) is 65.4 Å². The molecule has 19 heavy (non-hydrogen) atoms. The van der Waals surface area contributed by atoms with Crippen LogP contribution in [-0.2, 0) is 9.53 Å². The summed E-state index contributed by atoms with van der Waals surface area (Å²) in [6, 6.07) is 7.45. The zero-order valence-corrected chi connectivity index (χ0v) is 11.1. The maximum absolute atomic E-state index is 11.9. The molecular weight excluding hydrogens is 242 g/mol. The highest BCUT2D eigenvalue weighted by Crippen LogP contribution is 2.22. The van der Waals surface area contributed by atoms with Crippen molar-refractivity contribution in [1.29, 1.82) is 5.26 Å². The molecule has 1 amide bonds. The Bertz CT molecular complexity index is 522. The van der Waals surface area contributed by atoms with Gasteiger partial charge in [-0.05, 0) is 30.7 Å². The molecule has 0 spiro atoms. The number of nitrogens with zero attached hydrogens (tertiary/aromatic N) is 2. The molecule has 1 heterocycles. The minimum absolute atomic E-state index is 0.0540. The van der Waals surface area contributed by atoms with Crippen molar-refractivity contribution in [3.05, 3.63) is 29.3 Å². The van der Waals surface area contributed by atoms with E-state index >= 15 is 0 Å². The summed E-state index contributed by atoms with van der Waals surface area (Å²) in [5.74, 6) is -0.0540. The van der Waals surface area contributed by atoms with Crippen LogP contribution in [0.15, 0.2) is 18.2 Å². The molecular formula is C14H17N3O2. The van der Waals surface area contributed by atoms with Gasteiger partial charge in [0.2, 0.25) is 5.91 Å². The molecule has 0 saturated carbocycles. The van der Waals surface area contributed by atoms with Gasteiger partial charge in [-0.25, -0.2) is 0 Å². The fraction of sp³-hybridized carbons (Fsp3) is 0.429. The van der Waals surface area contributed by atoms with Gasteiger partial charge in [-0.1, -0.05) is 0 Å². The number of rotatable bonds is 2. The van der Waals surface area contributed by atoms with Crippen LogP contribution in [-0.4, -0.2) is 38.8 Å². The van der Waals surface area contributed by atoms with E-state index in [9.17, 15) is 4.79 Å². The lowest BCUT2D eigenvalue weighted by molar-refractivity contribution is -0.124. The maximum Gasteiger partial charge on any atom is 0.244 e. The van der Waals surface area contributed by atoms with E-state index in [2.05, 4.69) is 11.4 Å². The quantitative estimate of drug-likeness (QED) is 0.854. The van der Waals surface area contributed by atoms with E-state index in [4.69, 9.17) is 10.00 Å². The van der Waals surface area contributed by atoms with E-state index < -0.39 is 0 Å². The number of likely N-dealkylation sites (N-methyl/N-ethyl adjacent to an activating group) is 1. The Balaban J connectivity index is 2.30. The first kappa shape index (κ1) is 13.4. The van der Waals surface area contributed by atoms with Gasteiger partial charge in [0.1, 0.15) is 6.04 Å². The lowest BCUT2D eigenvalue weighted by Crippen LogP contribution is -2.53. The SMILES string of the molecule is CNC(=O)C1COCCN1c1ccc(C#N)c(C)c1. The molecule has 5 nitrogen and oxygen atoms in total. The third-order valence-electron chi connectivity index (χ3n) is 3.34. The molecule has 1 N–H and O–H groups in total. The molecule has 1 fully saturated rings.